The maximum absolute atomic E-state index is 13.7. The van der Waals surface area contributed by atoms with Crippen LogP contribution in [0.2, 0.25) is 0 Å². The van der Waals surface area contributed by atoms with Crippen molar-refractivity contribution in [3.05, 3.63) is 53.6 Å². The summed E-state index contributed by atoms with van der Waals surface area (Å²) in [6.07, 6.45) is -1.96. The second-order valence-corrected chi connectivity index (χ2v) is 9.66. The Balaban J connectivity index is 1.66. The number of piperazine rings is 1. The number of nitrogens with zero attached hydrogens (tertiary/aromatic N) is 3. The highest BCUT2D eigenvalue weighted by Gasteiger charge is 2.33. The molecule has 1 saturated heterocycles. The molecule has 1 aromatic carbocycles. The minimum atomic E-state index is -5.10. The summed E-state index contributed by atoms with van der Waals surface area (Å²) in [5.74, 6) is -2.25. The summed E-state index contributed by atoms with van der Waals surface area (Å²) in [4.78, 5) is 20.2. The first kappa shape index (κ1) is 26.6. The molecule has 1 aromatic heterocycles. The van der Waals surface area contributed by atoms with Gasteiger partial charge in [-0.3, -0.25) is 19.4 Å². The van der Waals surface area contributed by atoms with Crippen LogP contribution in [-0.4, -0.2) is 80.5 Å². The number of carbonyl (C=O) groups excluding carboxylic acids is 1. The molecule has 14 heteroatoms. The number of nitrogens with two attached hydrogens (primary N) is 1. The van der Waals surface area contributed by atoms with E-state index in [0.717, 1.165) is 18.3 Å². The summed E-state index contributed by atoms with van der Waals surface area (Å²) in [5.41, 5.74) is 5.21. The Labute approximate surface area is 199 Å². The number of aromatic nitrogens is 1. The third-order valence-corrected chi connectivity index (χ3v) is 6.62. The first-order valence-corrected chi connectivity index (χ1v) is 12.3. The van der Waals surface area contributed by atoms with E-state index in [-0.39, 0.29) is 17.9 Å². The lowest BCUT2D eigenvalue weighted by atomic mass is 10.1. The standard InChI is InChI=1S/C21H25F4N5O4S/c22-17-14-27-6-3-15(17)4-7-29-8-10-30(11-9-29)20(31)16-1-2-18(28-35(32,33)12-5-26)19(13-16)34-21(23,24)25/h1-3,6,13-14,28H,4-5,7-12,26H2. The quantitative estimate of drug-likeness (QED) is 0.486. The molecular formula is C21H25F4N5O4S. The average Bonchev–Trinajstić information content (AvgIpc) is 2.78. The van der Waals surface area contributed by atoms with Gasteiger partial charge in [-0.05, 0) is 36.2 Å². The summed E-state index contributed by atoms with van der Waals surface area (Å²) in [7, 11) is -4.00. The van der Waals surface area contributed by atoms with Crippen LogP contribution < -0.4 is 15.2 Å². The molecule has 1 aliphatic rings. The fourth-order valence-corrected chi connectivity index (χ4v) is 4.48. The zero-order valence-electron chi connectivity index (χ0n) is 18.6. The van der Waals surface area contributed by atoms with Crippen molar-refractivity contribution in [2.24, 2.45) is 5.73 Å². The van der Waals surface area contributed by atoms with Crippen LogP contribution in [0.5, 0.6) is 5.75 Å². The first-order valence-electron chi connectivity index (χ1n) is 10.7. The van der Waals surface area contributed by atoms with Gasteiger partial charge in [-0.1, -0.05) is 0 Å². The van der Waals surface area contributed by atoms with Gasteiger partial charge in [0.2, 0.25) is 10.0 Å². The van der Waals surface area contributed by atoms with Crippen LogP contribution in [0.15, 0.2) is 36.7 Å². The molecule has 1 fully saturated rings. The van der Waals surface area contributed by atoms with Crippen molar-refractivity contribution in [1.29, 1.82) is 0 Å². The van der Waals surface area contributed by atoms with Gasteiger partial charge in [0, 0.05) is 51.0 Å². The fourth-order valence-electron chi connectivity index (χ4n) is 3.56. The minimum Gasteiger partial charge on any atom is -0.404 e. The van der Waals surface area contributed by atoms with Crippen LogP contribution in [0.4, 0.5) is 23.2 Å². The van der Waals surface area contributed by atoms with Gasteiger partial charge in [0.15, 0.2) is 5.75 Å². The van der Waals surface area contributed by atoms with Gasteiger partial charge in [0.05, 0.1) is 17.6 Å². The monoisotopic (exact) mass is 519 g/mol. The van der Waals surface area contributed by atoms with Crippen LogP contribution in [0.1, 0.15) is 15.9 Å². The SMILES string of the molecule is NCCS(=O)(=O)Nc1ccc(C(=O)N2CCN(CCc3ccncc3F)CC2)cc1OC(F)(F)F. The topological polar surface area (TPSA) is 118 Å². The number of sulfonamides is 1. The molecule has 3 N–H and O–H groups in total. The molecular weight excluding hydrogens is 494 g/mol. The third kappa shape index (κ3) is 7.77. The van der Waals surface area contributed by atoms with Gasteiger partial charge in [0.1, 0.15) is 5.82 Å². The highest BCUT2D eigenvalue weighted by molar-refractivity contribution is 7.92. The predicted molar refractivity (Wildman–Crippen MR) is 120 cm³/mol. The Kier molecular flexibility index (Phi) is 8.51. The number of alkyl halides is 3. The van der Waals surface area contributed by atoms with Gasteiger partial charge < -0.3 is 15.4 Å². The van der Waals surface area contributed by atoms with E-state index in [1.54, 1.807) is 6.07 Å². The van der Waals surface area contributed by atoms with Gasteiger partial charge >= 0.3 is 6.36 Å². The Morgan fingerprint density at radius 3 is 2.51 bits per heavy atom. The normalized spacial score (nSPS) is 15.2. The number of carbonyl (C=O) groups is 1. The zero-order chi connectivity index (χ0) is 25.6. The number of amides is 1. The van der Waals surface area contributed by atoms with E-state index >= 15 is 0 Å². The molecule has 0 saturated carbocycles. The molecule has 35 heavy (non-hydrogen) atoms. The lowest BCUT2D eigenvalue weighted by molar-refractivity contribution is -0.274. The number of benzene rings is 1. The van der Waals surface area contributed by atoms with Gasteiger partial charge in [0.25, 0.3) is 5.91 Å². The Morgan fingerprint density at radius 2 is 1.89 bits per heavy atom. The fraction of sp³-hybridized carbons (Fsp3) is 0.429. The van der Waals surface area contributed by atoms with Crippen LogP contribution in [-0.2, 0) is 16.4 Å². The number of ether oxygens (including phenoxy) is 1. The summed E-state index contributed by atoms with van der Waals surface area (Å²) in [6.45, 7) is 1.98. The molecule has 2 aromatic rings. The lowest BCUT2D eigenvalue weighted by Crippen LogP contribution is -2.49. The van der Waals surface area contributed by atoms with E-state index in [1.807, 2.05) is 4.72 Å². The number of rotatable bonds is 9. The molecule has 0 unspecified atom stereocenters. The van der Waals surface area contributed by atoms with E-state index in [0.29, 0.717) is 44.7 Å². The number of hydrogen-bond donors (Lipinski definition) is 2. The largest absolute Gasteiger partial charge is 0.573 e. The van der Waals surface area contributed by atoms with Crippen molar-refractivity contribution in [3.8, 4) is 5.75 Å². The van der Waals surface area contributed by atoms with E-state index in [4.69, 9.17) is 5.73 Å². The molecule has 0 aliphatic carbocycles. The zero-order valence-corrected chi connectivity index (χ0v) is 19.4. The van der Waals surface area contributed by atoms with E-state index in [1.165, 1.54) is 17.2 Å². The predicted octanol–water partition coefficient (Wildman–Crippen LogP) is 1.82. The molecule has 0 spiro atoms. The molecule has 1 aliphatic heterocycles. The summed E-state index contributed by atoms with van der Waals surface area (Å²) in [6, 6.07) is 4.73. The van der Waals surface area contributed by atoms with Crippen molar-refractivity contribution in [2.75, 3.05) is 49.7 Å². The molecule has 1 amide bonds. The van der Waals surface area contributed by atoms with Gasteiger partial charge in [-0.25, -0.2) is 12.8 Å². The number of anilines is 1. The Bertz CT molecular complexity index is 1140. The van der Waals surface area contributed by atoms with Gasteiger partial charge in [-0.15, -0.1) is 13.2 Å². The van der Waals surface area contributed by atoms with E-state index in [9.17, 15) is 30.8 Å². The van der Waals surface area contributed by atoms with Crippen molar-refractivity contribution >= 4 is 21.6 Å². The Hall–Kier alpha value is -2.97. The van der Waals surface area contributed by atoms with Crippen molar-refractivity contribution in [1.82, 2.24) is 14.8 Å². The molecule has 3 rings (SSSR count). The molecule has 0 bridgehead atoms. The molecule has 192 valence electrons. The number of halogens is 4. The van der Waals surface area contributed by atoms with Crippen LogP contribution in [0, 0.1) is 5.82 Å². The van der Waals surface area contributed by atoms with E-state index < -0.39 is 39.5 Å². The number of nitrogens with one attached hydrogen (secondary N) is 1. The summed E-state index contributed by atoms with van der Waals surface area (Å²) < 4.78 is 82.3. The summed E-state index contributed by atoms with van der Waals surface area (Å²) in [5, 5.41) is 0. The maximum Gasteiger partial charge on any atom is 0.573 e. The average molecular weight is 520 g/mol. The highest BCUT2D eigenvalue weighted by atomic mass is 32.2. The number of pyridine rings is 1. The van der Waals surface area contributed by atoms with Crippen LogP contribution in [0.3, 0.4) is 0 Å². The Morgan fingerprint density at radius 1 is 1.17 bits per heavy atom. The maximum atomic E-state index is 13.7. The second-order valence-electron chi connectivity index (χ2n) is 7.82. The second kappa shape index (κ2) is 11.2. The third-order valence-electron chi connectivity index (χ3n) is 5.32. The van der Waals surface area contributed by atoms with Crippen molar-refractivity contribution in [2.45, 2.75) is 12.8 Å². The smallest absolute Gasteiger partial charge is 0.404 e. The van der Waals surface area contributed by atoms with Crippen LogP contribution >= 0.6 is 0 Å². The van der Waals surface area contributed by atoms with Crippen molar-refractivity contribution < 1.29 is 35.5 Å². The number of hydrogen-bond acceptors (Lipinski definition) is 7. The van der Waals surface area contributed by atoms with Gasteiger partial charge in [-0.2, -0.15) is 0 Å². The molecule has 9 nitrogen and oxygen atoms in total. The van der Waals surface area contributed by atoms with Crippen molar-refractivity contribution in [3.63, 3.8) is 0 Å². The molecule has 0 radical (unpaired) electrons. The molecule has 0 atom stereocenters. The minimum absolute atomic E-state index is 0.0849. The van der Waals surface area contributed by atoms with Crippen LogP contribution in [0.25, 0.3) is 0 Å². The first-order chi connectivity index (χ1) is 16.5. The summed E-state index contributed by atoms with van der Waals surface area (Å²) >= 11 is 0. The lowest BCUT2D eigenvalue weighted by Gasteiger charge is -2.35. The molecule has 2 heterocycles. The van der Waals surface area contributed by atoms with E-state index in [2.05, 4.69) is 14.6 Å². The highest BCUT2D eigenvalue weighted by Crippen LogP contribution is 2.32.